The summed E-state index contributed by atoms with van der Waals surface area (Å²) in [6, 6.07) is 5.44. The highest BCUT2D eigenvalue weighted by molar-refractivity contribution is 7.17. The van der Waals surface area contributed by atoms with Crippen LogP contribution in [0.1, 0.15) is 58.6 Å². The second kappa shape index (κ2) is 8.88. The van der Waals surface area contributed by atoms with E-state index in [4.69, 9.17) is 15.2 Å². The molecule has 0 bridgehead atoms. The zero-order valence-electron chi connectivity index (χ0n) is 18.2. The van der Waals surface area contributed by atoms with Crippen molar-refractivity contribution < 1.29 is 19.1 Å². The third-order valence-electron chi connectivity index (χ3n) is 6.37. The third kappa shape index (κ3) is 4.02. The minimum Gasteiger partial charge on any atom is -0.497 e. The number of rotatable bonds is 7. The summed E-state index contributed by atoms with van der Waals surface area (Å²) in [5, 5.41) is 3.59. The largest absolute Gasteiger partial charge is 0.497 e. The van der Waals surface area contributed by atoms with Crippen LogP contribution in [0.3, 0.4) is 0 Å². The molecule has 166 valence electrons. The van der Waals surface area contributed by atoms with Gasteiger partial charge in [-0.3, -0.25) is 14.5 Å². The Bertz CT molecular complexity index is 1000. The van der Waals surface area contributed by atoms with Gasteiger partial charge in [0.05, 0.1) is 25.8 Å². The number of hydrogen-bond acceptors (Lipinski definition) is 6. The average Bonchev–Trinajstić information content (AvgIpc) is 3.48. The fourth-order valence-electron chi connectivity index (χ4n) is 4.81. The van der Waals surface area contributed by atoms with Crippen LogP contribution < -0.4 is 20.5 Å². The number of primary amides is 1. The van der Waals surface area contributed by atoms with E-state index < -0.39 is 5.91 Å². The maximum absolute atomic E-state index is 13.2. The van der Waals surface area contributed by atoms with E-state index in [-0.39, 0.29) is 18.0 Å². The summed E-state index contributed by atoms with van der Waals surface area (Å²) in [4.78, 5) is 28.6. The van der Waals surface area contributed by atoms with E-state index in [0.29, 0.717) is 10.6 Å². The van der Waals surface area contributed by atoms with Crippen LogP contribution in [-0.2, 0) is 17.6 Å². The number of nitrogens with one attached hydrogen (secondary N) is 1. The molecule has 0 spiro atoms. The van der Waals surface area contributed by atoms with Crippen LogP contribution in [0.15, 0.2) is 18.2 Å². The fourth-order valence-corrected chi connectivity index (χ4v) is 6.10. The molecule has 1 aliphatic heterocycles. The molecule has 4 rings (SSSR count). The summed E-state index contributed by atoms with van der Waals surface area (Å²) in [6.45, 7) is 2.72. The molecule has 7 nitrogen and oxygen atoms in total. The number of nitrogens with zero attached hydrogens (tertiary/aromatic N) is 1. The van der Waals surface area contributed by atoms with Crippen molar-refractivity contribution in [3.05, 3.63) is 39.8 Å². The molecule has 3 N–H and O–H groups in total. The monoisotopic (exact) mass is 443 g/mol. The summed E-state index contributed by atoms with van der Waals surface area (Å²) in [5.74, 6) is 0.952. The van der Waals surface area contributed by atoms with E-state index in [2.05, 4.69) is 10.2 Å². The highest BCUT2D eigenvalue weighted by Crippen LogP contribution is 2.41. The molecule has 2 amide bonds. The van der Waals surface area contributed by atoms with E-state index in [0.717, 1.165) is 66.2 Å². The Balaban J connectivity index is 1.56. The van der Waals surface area contributed by atoms with Crippen molar-refractivity contribution in [2.75, 3.05) is 26.1 Å². The first kappa shape index (κ1) is 21.6. The molecular weight excluding hydrogens is 414 g/mol. The number of hydrogen-bond donors (Lipinski definition) is 2. The van der Waals surface area contributed by atoms with Gasteiger partial charge < -0.3 is 20.5 Å². The standard InChI is InChI=1S/C23H29N3O4S/c1-13(22(28)25-23-20(21(24)27)15-6-4-8-19(15)31-23)26-11-5-7-17(26)16-12-14(29-2)9-10-18(16)30-3/h9-10,12-13,17H,4-8,11H2,1-3H3,(H2,24,27)(H,25,28)/t13-,17-/m0/s1. The summed E-state index contributed by atoms with van der Waals surface area (Å²) in [7, 11) is 3.30. The second-order valence-corrected chi connectivity index (χ2v) is 9.20. The van der Waals surface area contributed by atoms with Gasteiger partial charge in [0.2, 0.25) is 5.91 Å². The van der Waals surface area contributed by atoms with Crippen molar-refractivity contribution in [3.63, 3.8) is 0 Å². The Morgan fingerprint density at radius 2 is 2.03 bits per heavy atom. The van der Waals surface area contributed by atoms with Crippen molar-refractivity contribution in [1.29, 1.82) is 0 Å². The number of ether oxygens (including phenoxy) is 2. The van der Waals surface area contributed by atoms with Gasteiger partial charge in [-0.15, -0.1) is 11.3 Å². The van der Waals surface area contributed by atoms with Crippen LogP contribution in [0.5, 0.6) is 11.5 Å². The Morgan fingerprint density at radius 1 is 1.23 bits per heavy atom. The number of likely N-dealkylation sites (tertiary alicyclic amines) is 1. The van der Waals surface area contributed by atoms with Gasteiger partial charge in [0.1, 0.15) is 16.5 Å². The molecule has 1 saturated heterocycles. The van der Waals surface area contributed by atoms with E-state index in [9.17, 15) is 9.59 Å². The number of amides is 2. The highest BCUT2D eigenvalue weighted by atomic mass is 32.1. The lowest BCUT2D eigenvalue weighted by Gasteiger charge is -2.31. The number of fused-ring (bicyclic) bond motifs is 1. The van der Waals surface area contributed by atoms with E-state index in [1.54, 1.807) is 14.2 Å². The van der Waals surface area contributed by atoms with Crippen molar-refractivity contribution in [3.8, 4) is 11.5 Å². The molecule has 1 fully saturated rings. The first-order valence-electron chi connectivity index (χ1n) is 10.7. The van der Waals surface area contributed by atoms with Gasteiger partial charge >= 0.3 is 0 Å². The van der Waals surface area contributed by atoms with Gasteiger partial charge in [0.15, 0.2) is 0 Å². The molecule has 0 unspecified atom stereocenters. The molecule has 2 aromatic rings. The van der Waals surface area contributed by atoms with E-state index >= 15 is 0 Å². The first-order valence-corrected chi connectivity index (χ1v) is 11.5. The van der Waals surface area contributed by atoms with Gasteiger partial charge in [-0.25, -0.2) is 0 Å². The van der Waals surface area contributed by atoms with Crippen molar-refractivity contribution >= 4 is 28.2 Å². The number of methoxy groups -OCH3 is 2. The maximum Gasteiger partial charge on any atom is 0.251 e. The average molecular weight is 444 g/mol. The Hall–Kier alpha value is -2.58. The summed E-state index contributed by atoms with van der Waals surface area (Å²) in [5.41, 5.74) is 8.17. The zero-order chi connectivity index (χ0) is 22.1. The Kier molecular flexibility index (Phi) is 6.20. The summed E-state index contributed by atoms with van der Waals surface area (Å²) < 4.78 is 11.0. The summed E-state index contributed by atoms with van der Waals surface area (Å²) in [6.07, 6.45) is 4.74. The van der Waals surface area contributed by atoms with Crippen LogP contribution in [0, 0.1) is 0 Å². The lowest BCUT2D eigenvalue weighted by Crippen LogP contribution is -2.41. The number of anilines is 1. The van der Waals surface area contributed by atoms with E-state index in [1.807, 2.05) is 25.1 Å². The molecule has 1 aliphatic carbocycles. The highest BCUT2D eigenvalue weighted by Gasteiger charge is 2.35. The van der Waals surface area contributed by atoms with Gasteiger partial charge in [-0.05, 0) is 69.3 Å². The number of carbonyl (C=O) groups excluding carboxylic acids is 2. The number of benzene rings is 1. The number of carbonyl (C=O) groups is 2. The van der Waals surface area contributed by atoms with Crippen LogP contribution in [0.25, 0.3) is 0 Å². The SMILES string of the molecule is COc1ccc(OC)c([C@@H]2CCCN2[C@@H](C)C(=O)Nc2sc3c(c2C(N)=O)CCC3)c1. The smallest absolute Gasteiger partial charge is 0.251 e. The zero-order valence-corrected chi connectivity index (χ0v) is 19.0. The minimum absolute atomic E-state index is 0.0507. The maximum atomic E-state index is 13.2. The molecule has 31 heavy (non-hydrogen) atoms. The molecule has 2 aliphatic rings. The lowest BCUT2D eigenvalue weighted by atomic mass is 10.0. The molecule has 0 radical (unpaired) electrons. The van der Waals surface area contributed by atoms with Crippen molar-refractivity contribution in [1.82, 2.24) is 4.90 Å². The van der Waals surface area contributed by atoms with Crippen molar-refractivity contribution in [2.24, 2.45) is 5.73 Å². The van der Waals surface area contributed by atoms with Crippen LogP contribution in [-0.4, -0.2) is 43.5 Å². The van der Waals surface area contributed by atoms with E-state index in [1.165, 1.54) is 11.3 Å². The topological polar surface area (TPSA) is 93.9 Å². The predicted molar refractivity (Wildman–Crippen MR) is 121 cm³/mol. The normalized spacial score (nSPS) is 19.1. The quantitative estimate of drug-likeness (QED) is 0.683. The molecular formula is C23H29N3O4S. The van der Waals surface area contributed by atoms with Gasteiger partial charge in [0, 0.05) is 16.5 Å². The Labute approximate surface area is 186 Å². The molecule has 2 atom stereocenters. The number of nitrogens with two attached hydrogens (primary N) is 1. The van der Waals surface area contributed by atoms with Gasteiger partial charge in [-0.1, -0.05) is 0 Å². The Morgan fingerprint density at radius 3 is 2.74 bits per heavy atom. The number of thiophene rings is 1. The van der Waals surface area contributed by atoms with Gasteiger partial charge in [0.25, 0.3) is 5.91 Å². The molecule has 1 aromatic heterocycles. The van der Waals surface area contributed by atoms with Crippen LogP contribution >= 0.6 is 11.3 Å². The molecule has 0 saturated carbocycles. The first-order chi connectivity index (χ1) is 14.9. The molecule has 1 aromatic carbocycles. The molecule has 8 heteroatoms. The van der Waals surface area contributed by atoms with Crippen LogP contribution in [0.4, 0.5) is 5.00 Å². The summed E-state index contributed by atoms with van der Waals surface area (Å²) >= 11 is 1.49. The van der Waals surface area contributed by atoms with Gasteiger partial charge in [-0.2, -0.15) is 0 Å². The third-order valence-corrected chi connectivity index (χ3v) is 7.58. The molecule has 2 heterocycles. The minimum atomic E-state index is -0.470. The van der Waals surface area contributed by atoms with Crippen LogP contribution in [0.2, 0.25) is 0 Å². The predicted octanol–water partition coefficient (Wildman–Crippen LogP) is 3.52. The fraction of sp³-hybridized carbons (Fsp3) is 0.478. The van der Waals surface area contributed by atoms with Crippen molar-refractivity contribution in [2.45, 2.75) is 51.1 Å². The second-order valence-electron chi connectivity index (χ2n) is 8.09. The number of aryl methyl sites for hydroxylation is 1. The lowest BCUT2D eigenvalue weighted by molar-refractivity contribution is -0.121.